The zero-order valence-electron chi connectivity index (χ0n) is 11.2. The van der Waals surface area contributed by atoms with E-state index < -0.39 is 0 Å². The average Bonchev–Trinajstić information content (AvgIpc) is 2.34. The predicted molar refractivity (Wildman–Crippen MR) is 71.1 cm³/mol. The molecule has 0 aliphatic carbocycles. The van der Waals surface area contributed by atoms with Gasteiger partial charge in [-0.25, -0.2) is 4.39 Å². The van der Waals surface area contributed by atoms with Crippen LogP contribution in [0.4, 0.5) is 4.39 Å². The van der Waals surface area contributed by atoms with Gasteiger partial charge in [-0.15, -0.1) is 0 Å². The quantitative estimate of drug-likeness (QED) is 0.888. The molecular formula is C15H22FNO. The third-order valence-electron chi connectivity index (χ3n) is 3.43. The molecule has 0 aromatic heterocycles. The van der Waals surface area contributed by atoms with Gasteiger partial charge in [0.2, 0.25) is 0 Å². The minimum Gasteiger partial charge on any atom is -0.381 e. The molecule has 0 radical (unpaired) electrons. The Morgan fingerprint density at radius 3 is 2.72 bits per heavy atom. The van der Waals surface area contributed by atoms with Gasteiger partial charge >= 0.3 is 0 Å². The van der Waals surface area contributed by atoms with Gasteiger partial charge in [0.25, 0.3) is 0 Å². The summed E-state index contributed by atoms with van der Waals surface area (Å²) in [6.07, 6.45) is 2.01. The Balaban J connectivity index is 1.98. The Morgan fingerprint density at radius 1 is 1.33 bits per heavy atom. The molecule has 1 heterocycles. The lowest BCUT2D eigenvalue weighted by molar-refractivity contribution is 0.0300. The highest BCUT2D eigenvalue weighted by Gasteiger charge is 2.26. The van der Waals surface area contributed by atoms with Gasteiger partial charge in [0.1, 0.15) is 5.82 Å². The van der Waals surface area contributed by atoms with Crippen LogP contribution in [0, 0.1) is 11.7 Å². The molecule has 1 aliphatic heterocycles. The normalized spacial score (nSPS) is 24.4. The fourth-order valence-corrected chi connectivity index (χ4v) is 2.57. The monoisotopic (exact) mass is 251 g/mol. The van der Waals surface area contributed by atoms with Crippen molar-refractivity contribution in [3.8, 4) is 0 Å². The number of hydrogen-bond acceptors (Lipinski definition) is 2. The van der Waals surface area contributed by atoms with Crippen molar-refractivity contribution in [1.29, 1.82) is 0 Å². The topological polar surface area (TPSA) is 21.3 Å². The molecule has 1 N–H and O–H groups in total. The fraction of sp³-hybridized carbons (Fsp3) is 0.600. The van der Waals surface area contributed by atoms with Crippen molar-refractivity contribution in [3.63, 3.8) is 0 Å². The third-order valence-corrected chi connectivity index (χ3v) is 3.43. The molecule has 18 heavy (non-hydrogen) atoms. The lowest BCUT2D eigenvalue weighted by Gasteiger charge is -2.33. The van der Waals surface area contributed by atoms with E-state index in [9.17, 15) is 4.39 Å². The summed E-state index contributed by atoms with van der Waals surface area (Å²) in [5.41, 5.74) is 1.18. The van der Waals surface area contributed by atoms with Crippen LogP contribution in [0.5, 0.6) is 0 Å². The average molecular weight is 251 g/mol. The van der Waals surface area contributed by atoms with E-state index in [4.69, 9.17) is 4.74 Å². The van der Waals surface area contributed by atoms with Crippen LogP contribution in [0.1, 0.15) is 25.8 Å². The maximum atomic E-state index is 12.9. The lowest BCUT2D eigenvalue weighted by atomic mass is 9.89. The Morgan fingerprint density at radius 2 is 2.06 bits per heavy atom. The predicted octanol–water partition coefficient (Wildman–Crippen LogP) is 2.77. The van der Waals surface area contributed by atoms with Crippen molar-refractivity contribution >= 4 is 0 Å². The Labute approximate surface area is 109 Å². The Bertz CT molecular complexity index is 363. The SMILES string of the molecule is CC(C)N[C@H]1CCOC[C@H]1Cc1ccc(F)cc1. The molecule has 1 aliphatic rings. The van der Waals surface area contributed by atoms with Gasteiger partial charge in [-0.1, -0.05) is 26.0 Å². The van der Waals surface area contributed by atoms with Gasteiger partial charge in [0.15, 0.2) is 0 Å². The van der Waals surface area contributed by atoms with Gasteiger partial charge in [-0.05, 0) is 30.5 Å². The number of halogens is 1. The van der Waals surface area contributed by atoms with E-state index in [2.05, 4.69) is 19.2 Å². The maximum absolute atomic E-state index is 12.9. The van der Waals surface area contributed by atoms with Crippen molar-refractivity contribution in [3.05, 3.63) is 35.6 Å². The molecule has 1 fully saturated rings. The number of nitrogens with one attached hydrogen (secondary N) is 1. The number of hydrogen-bond donors (Lipinski definition) is 1. The standard InChI is InChI=1S/C15H22FNO/c1-11(2)17-15-7-8-18-10-13(15)9-12-3-5-14(16)6-4-12/h3-6,11,13,15,17H,7-10H2,1-2H3/t13-,15+/m1/s1. The molecule has 3 heteroatoms. The van der Waals surface area contributed by atoms with Crippen LogP contribution in [0.25, 0.3) is 0 Å². The van der Waals surface area contributed by atoms with Crippen molar-refractivity contribution < 1.29 is 9.13 Å². The van der Waals surface area contributed by atoms with Crippen molar-refractivity contribution in [2.45, 2.75) is 38.8 Å². The van der Waals surface area contributed by atoms with E-state index >= 15 is 0 Å². The summed E-state index contributed by atoms with van der Waals surface area (Å²) < 4.78 is 18.5. The number of rotatable bonds is 4. The second-order valence-electron chi connectivity index (χ2n) is 5.38. The zero-order chi connectivity index (χ0) is 13.0. The highest BCUT2D eigenvalue weighted by molar-refractivity contribution is 5.17. The summed E-state index contributed by atoms with van der Waals surface area (Å²) in [7, 11) is 0. The van der Waals surface area contributed by atoms with Gasteiger partial charge in [0, 0.05) is 24.6 Å². The van der Waals surface area contributed by atoms with E-state index in [-0.39, 0.29) is 5.82 Å². The Kier molecular flexibility index (Phi) is 4.72. The minimum absolute atomic E-state index is 0.171. The van der Waals surface area contributed by atoms with Crippen LogP contribution < -0.4 is 5.32 Å². The molecule has 1 saturated heterocycles. The second kappa shape index (κ2) is 6.30. The molecule has 0 bridgehead atoms. The highest BCUT2D eigenvalue weighted by Crippen LogP contribution is 2.20. The number of ether oxygens (including phenoxy) is 1. The maximum Gasteiger partial charge on any atom is 0.123 e. The largest absolute Gasteiger partial charge is 0.381 e. The van der Waals surface area contributed by atoms with Gasteiger partial charge in [-0.3, -0.25) is 0 Å². The molecular weight excluding hydrogens is 229 g/mol. The van der Waals surface area contributed by atoms with Crippen LogP contribution in [0.2, 0.25) is 0 Å². The molecule has 2 atom stereocenters. The van der Waals surface area contributed by atoms with Gasteiger partial charge in [-0.2, -0.15) is 0 Å². The van der Waals surface area contributed by atoms with Gasteiger partial charge < -0.3 is 10.1 Å². The first-order valence-corrected chi connectivity index (χ1v) is 6.73. The van der Waals surface area contributed by atoms with Crippen LogP contribution in [-0.2, 0) is 11.2 Å². The molecule has 0 saturated carbocycles. The summed E-state index contributed by atoms with van der Waals surface area (Å²) in [5, 5.41) is 3.61. The summed E-state index contributed by atoms with van der Waals surface area (Å²) in [5.74, 6) is 0.308. The minimum atomic E-state index is -0.171. The summed E-state index contributed by atoms with van der Waals surface area (Å²) in [6, 6.07) is 7.80. The molecule has 1 aromatic rings. The molecule has 1 aromatic carbocycles. The molecule has 0 unspecified atom stereocenters. The smallest absolute Gasteiger partial charge is 0.123 e. The first kappa shape index (κ1) is 13.5. The second-order valence-corrected chi connectivity index (χ2v) is 5.38. The summed E-state index contributed by atoms with van der Waals surface area (Å²) >= 11 is 0. The van der Waals surface area contributed by atoms with Crippen molar-refractivity contribution in [2.75, 3.05) is 13.2 Å². The summed E-state index contributed by atoms with van der Waals surface area (Å²) in [4.78, 5) is 0. The fourth-order valence-electron chi connectivity index (χ4n) is 2.57. The van der Waals surface area contributed by atoms with Crippen LogP contribution in [-0.4, -0.2) is 25.3 Å². The highest BCUT2D eigenvalue weighted by atomic mass is 19.1. The van der Waals surface area contributed by atoms with Crippen LogP contribution >= 0.6 is 0 Å². The summed E-state index contributed by atoms with van der Waals surface area (Å²) in [6.45, 7) is 5.97. The van der Waals surface area contributed by atoms with Crippen molar-refractivity contribution in [1.82, 2.24) is 5.32 Å². The van der Waals surface area contributed by atoms with E-state index in [1.807, 2.05) is 12.1 Å². The number of benzene rings is 1. The van der Waals surface area contributed by atoms with Crippen molar-refractivity contribution in [2.24, 2.45) is 5.92 Å². The molecule has 2 nitrogen and oxygen atoms in total. The molecule has 2 rings (SSSR count). The van der Waals surface area contributed by atoms with E-state index in [1.165, 1.54) is 17.7 Å². The van der Waals surface area contributed by atoms with Crippen LogP contribution in [0.3, 0.4) is 0 Å². The lowest BCUT2D eigenvalue weighted by Crippen LogP contribution is -2.46. The third kappa shape index (κ3) is 3.79. The van der Waals surface area contributed by atoms with Gasteiger partial charge in [0.05, 0.1) is 6.61 Å². The van der Waals surface area contributed by atoms with E-state index in [1.54, 1.807) is 0 Å². The van der Waals surface area contributed by atoms with E-state index in [0.717, 1.165) is 26.1 Å². The first-order valence-electron chi connectivity index (χ1n) is 6.73. The van der Waals surface area contributed by atoms with E-state index in [0.29, 0.717) is 18.0 Å². The molecule has 0 amide bonds. The molecule has 100 valence electrons. The first-order chi connectivity index (χ1) is 8.65. The Hall–Kier alpha value is -0.930. The molecule has 0 spiro atoms. The van der Waals surface area contributed by atoms with Crippen LogP contribution in [0.15, 0.2) is 24.3 Å². The zero-order valence-corrected chi connectivity index (χ0v) is 11.2.